The molecule has 0 fully saturated rings. The molecule has 0 unspecified atom stereocenters. The molecule has 0 aliphatic rings. The van der Waals surface area contributed by atoms with Crippen molar-refractivity contribution in [1.82, 2.24) is 0 Å². The highest BCUT2D eigenvalue weighted by atomic mass is 35.5. The van der Waals surface area contributed by atoms with E-state index in [1.165, 1.54) is 12.1 Å². The molecular weight excluding hydrogens is 248 g/mol. The number of benzene rings is 1. The molecular formula is C11H15ClO3S. The first kappa shape index (κ1) is 13.5. The van der Waals surface area contributed by atoms with Crippen LogP contribution in [0, 0.1) is 6.92 Å². The van der Waals surface area contributed by atoms with E-state index in [1.54, 1.807) is 6.92 Å². The van der Waals surface area contributed by atoms with Crippen LogP contribution in [-0.4, -0.2) is 13.0 Å². The number of hydrogen-bond donors (Lipinski definition) is 1. The molecule has 0 radical (unpaired) electrons. The first-order valence-corrected chi connectivity index (χ1v) is 6.63. The SMILES string of the molecule is Cc1cc(S(=O)(=O)O)cc(Cl)c1C(C)(C)C. The second-order valence-electron chi connectivity index (χ2n) is 4.82. The van der Waals surface area contributed by atoms with Crippen molar-refractivity contribution in [3.63, 3.8) is 0 Å². The normalized spacial score (nSPS) is 12.9. The fraction of sp³-hybridized carbons (Fsp3) is 0.455. The van der Waals surface area contributed by atoms with Gasteiger partial charge in [0, 0.05) is 5.02 Å². The van der Waals surface area contributed by atoms with Gasteiger partial charge >= 0.3 is 0 Å². The molecule has 3 nitrogen and oxygen atoms in total. The summed E-state index contributed by atoms with van der Waals surface area (Å²) in [5.74, 6) is 0. The maximum atomic E-state index is 11.0. The Morgan fingerprint density at radius 1 is 1.25 bits per heavy atom. The van der Waals surface area contributed by atoms with Crippen molar-refractivity contribution >= 4 is 21.7 Å². The molecule has 0 heterocycles. The van der Waals surface area contributed by atoms with Crippen molar-refractivity contribution in [2.24, 2.45) is 0 Å². The summed E-state index contributed by atoms with van der Waals surface area (Å²) in [4.78, 5) is -0.164. The highest BCUT2D eigenvalue weighted by Crippen LogP contribution is 2.34. The lowest BCUT2D eigenvalue weighted by molar-refractivity contribution is 0.482. The zero-order valence-corrected chi connectivity index (χ0v) is 11.3. The number of rotatable bonds is 1. The van der Waals surface area contributed by atoms with Crippen molar-refractivity contribution in [2.45, 2.75) is 38.0 Å². The van der Waals surface area contributed by atoms with Crippen LogP contribution in [0.5, 0.6) is 0 Å². The molecule has 1 N–H and O–H groups in total. The molecule has 0 amide bonds. The molecule has 1 aromatic carbocycles. The van der Waals surface area contributed by atoms with Gasteiger partial charge in [0.1, 0.15) is 0 Å². The zero-order valence-electron chi connectivity index (χ0n) is 9.70. The molecule has 0 aliphatic heterocycles. The summed E-state index contributed by atoms with van der Waals surface area (Å²) < 4.78 is 30.9. The van der Waals surface area contributed by atoms with Gasteiger partial charge in [-0.15, -0.1) is 0 Å². The minimum absolute atomic E-state index is 0.164. The maximum Gasteiger partial charge on any atom is 0.294 e. The summed E-state index contributed by atoms with van der Waals surface area (Å²) in [6, 6.07) is 2.71. The average molecular weight is 263 g/mol. The molecule has 0 bridgehead atoms. The van der Waals surface area contributed by atoms with Crippen molar-refractivity contribution in [2.75, 3.05) is 0 Å². The third kappa shape index (κ3) is 2.75. The summed E-state index contributed by atoms with van der Waals surface area (Å²) in [7, 11) is -4.19. The molecule has 1 aromatic rings. The zero-order chi connectivity index (χ0) is 12.7. The van der Waals surface area contributed by atoms with E-state index in [0.717, 1.165) is 11.1 Å². The van der Waals surface area contributed by atoms with E-state index in [9.17, 15) is 8.42 Å². The Labute approximate surface area is 101 Å². The second kappa shape index (κ2) is 4.02. The molecule has 1 rings (SSSR count). The Morgan fingerprint density at radius 2 is 1.75 bits per heavy atom. The summed E-state index contributed by atoms with van der Waals surface area (Å²) in [5.41, 5.74) is 1.48. The van der Waals surface area contributed by atoms with Crippen LogP contribution >= 0.6 is 11.6 Å². The fourth-order valence-electron chi connectivity index (χ4n) is 1.81. The second-order valence-corrected chi connectivity index (χ2v) is 6.65. The van der Waals surface area contributed by atoms with Crippen molar-refractivity contribution in [3.8, 4) is 0 Å². The van der Waals surface area contributed by atoms with Crippen molar-refractivity contribution in [1.29, 1.82) is 0 Å². The Bertz CT molecular complexity index is 490. The van der Waals surface area contributed by atoms with E-state index in [1.807, 2.05) is 20.8 Å². The minimum atomic E-state index is -4.19. The van der Waals surface area contributed by atoms with Gasteiger partial charge in [0.2, 0.25) is 0 Å². The van der Waals surface area contributed by atoms with Gasteiger partial charge in [-0.1, -0.05) is 32.4 Å². The highest BCUT2D eigenvalue weighted by molar-refractivity contribution is 7.85. The lowest BCUT2D eigenvalue weighted by atomic mass is 9.84. The smallest absolute Gasteiger partial charge is 0.282 e. The predicted octanol–water partition coefficient (Wildman–Crippen LogP) is 3.19. The van der Waals surface area contributed by atoms with Gasteiger partial charge in [-0.25, -0.2) is 0 Å². The number of hydrogen-bond acceptors (Lipinski definition) is 2. The topological polar surface area (TPSA) is 54.4 Å². The molecule has 0 spiro atoms. The largest absolute Gasteiger partial charge is 0.294 e. The van der Waals surface area contributed by atoms with Gasteiger partial charge in [0.15, 0.2) is 0 Å². The van der Waals surface area contributed by atoms with Crippen LogP contribution in [0.1, 0.15) is 31.9 Å². The Hall–Kier alpha value is -0.580. The van der Waals surface area contributed by atoms with E-state index < -0.39 is 10.1 Å². The van der Waals surface area contributed by atoms with E-state index in [0.29, 0.717) is 5.02 Å². The van der Waals surface area contributed by atoms with Gasteiger partial charge in [0.05, 0.1) is 4.90 Å². The molecule has 5 heteroatoms. The third-order valence-corrected chi connectivity index (χ3v) is 3.44. The number of halogens is 1. The lowest BCUT2D eigenvalue weighted by Crippen LogP contribution is -2.14. The number of aryl methyl sites for hydroxylation is 1. The first-order chi connectivity index (χ1) is 7.03. The molecule has 0 atom stereocenters. The van der Waals surface area contributed by atoms with E-state index >= 15 is 0 Å². The van der Waals surface area contributed by atoms with Crippen LogP contribution in [0.3, 0.4) is 0 Å². The van der Waals surface area contributed by atoms with Crippen LogP contribution in [0.15, 0.2) is 17.0 Å². The van der Waals surface area contributed by atoms with Crippen LogP contribution < -0.4 is 0 Å². The quantitative estimate of drug-likeness (QED) is 0.791. The van der Waals surface area contributed by atoms with Gasteiger partial charge < -0.3 is 0 Å². The molecule has 0 saturated heterocycles. The first-order valence-electron chi connectivity index (χ1n) is 4.81. The van der Waals surface area contributed by atoms with Gasteiger partial charge in [0.25, 0.3) is 10.1 Å². The van der Waals surface area contributed by atoms with E-state index in [4.69, 9.17) is 16.2 Å². The lowest BCUT2D eigenvalue weighted by Gasteiger charge is -2.23. The average Bonchev–Trinajstić information content (AvgIpc) is 1.97. The van der Waals surface area contributed by atoms with Crippen LogP contribution in [0.2, 0.25) is 5.02 Å². The Kier molecular flexibility index (Phi) is 3.39. The summed E-state index contributed by atoms with van der Waals surface area (Å²) in [5, 5.41) is 0.361. The monoisotopic (exact) mass is 262 g/mol. The molecule has 0 aliphatic carbocycles. The highest BCUT2D eigenvalue weighted by Gasteiger charge is 2.22. The molecule has 16 heavy (non-hydrogen) atoms. The fourth-order valence-corrected chi connectivity index (χ4v) is 3.02. The van der Waals surface area contributed by atoms with Gasteiger partial charge in [-0.05, 0) is 35.6 Å². The standard InChI is InChI=1S/C11H15ClO3S/c1-7-5-8(16(13,14)15)6-9(12)10(7)11(2,3)4/h5-6H,1-4H3,(H,13,14,15). The maximum absolute atomic E-state index is 11.0. The van der Waals surface area contributed by atoms with Crippen LogP contribution in [0.4, 0.5) is 0 Å². The van der Waals surface area contributed by atoms with E-state index in [-0.39, 0.29) is 10.3 Å². The molecule has 0 saturated carbocycles. The molecule has 90 valence electrons. The minimum Gasteiger partial charge on any atom is -0.282 e. The van der Waals surface area contributed by atoms with Crippen LogP contribution in [0.25, 0.3) is 0 Å². The Balaban J connectivity index is 3.53. The van der Waals surface area contributed by atoms with Crippen molar-refractivity contribution < 1.29 is 13.0 Å². The molecule has 0 aromatic heterocycles. The van der Waals surface area contributed by atoms with Gasteiger partial charge in [-0.3, -0.25) is 4.55 Å². The van der Waals surface area contributed by atoms with Crippen molar-refractivity contribution in [3.05, 3.63) is 28.3 Å². The predicted molar refractivity (Wildman–Crippen MR) is 64.7 cm³/mol. The third-order valence-electron chi connectivity index (χ3n) is 2.31. The van der Waals surface area contributed by atoms with Crippen LogP contribution in [-0.2, 0) is 15.5 Å². The summed E-state index contributed by atoms with van der Waals surface area (Å²) >= 11 is 6.05. The Morgan fingerprint density at radius 3 is 2.06 bits per heavy atom. The van der Waals surface area contributed by atoms with Gasteiger partial charge in [-0.2, -0.15) is 8.42 Å². The van der Waals surface area contributed by atoms with E-state index in [2.05, 4.69) is 0 Å². The summed E-state index contributed by atoms with van der Waals surface area (Å²) in [6.07, 6.45) is 0. The summed E-state index contributed by atoms with van der Waals surface area (Å²) in [6.45, 7) is 7.76.